The van der Waals surface area contributed by atoms with E-state index in [4.69, 9.17) is 17.3 Å². The molecule has 0 bridgehead atoms. The van der Waals surface area contributed by atoms with Crippen molar-refractivity contribution < 1.29 is 4.39 Å². The third-order valence-corrected chi connectivity index (χ3v) is 5.91. The van der Waals surface area contributed by atoms with E-state index >= 15 is 0 Å². The van der Waals surface area contributed by atoms with E-state index in [0.717, 1.165) is 54.7 Å². The number of aromatic nitrogens is 4. The van der Waals surface area contributed by atoms with Gasteiger partial charge in [-0.2, -0.15) is 0 Å². The Balaban J connectivity index is 1.55. The second-order valence-corrected chi connectivity index (χ2v) is 8.07. The van der Waals surface area contributed by atoms with Gasteiger partial charge < -0.3 is 4.90 Å². The van der Waals surface area contributed by atoms with Crippen molar-refractivity contribution in [2.24, 2.45) is 0 Å². The zero-order valence-electron chi connectivity index (χ0n) is 15.8. The van der Waals surface area contributed by atoms with Crippen LogP contribution in [0.15, 0.2) is 36.7 Å². The Morgan fingerprint density at radius 1 is 1.21 bits per heavy atom. The normalized spacial score (nSPS) is 16.3. The van der Waals surface area contributed by atoms with Gasteiger partial charge in [-0.05, 0) is 74.2 Å². The first kappa shape index (κ1) is 17.6. The van der Waals surface area contributed by atoms with Crippen molar-refractivity contribution in [2.45, 2.75) is 45.3 Å². The van der Waals surface area contributed by atoms with Crippen LogP contribution in [0.3, 0.4) is 0 Å². The van der Waals surface area contributed by atoms with E-state index in [0.29, 0.717) is 23.2 Å². The molecule has 0 saturated heterocycles. The third kappa shape index (κ3) is 3.03. The van der Waals surface area contributed by atoms with Crippen LogP contribution in [0, 0.1) is 17.5 Å². The highest BCUT2D eigenvalue weighted by Gasteiger charge is 2.30. The summed E-state index contributed by atoms with van der Waals surface area (Å²) in [4.78, 5) is 6.18. The molecule has 1 aliphatic heterocycles. The summed E-state index contributed by atoms with van der Waals surface area (Å²) >= 11 is 5.78. The Morgan fingerprint density at radius 2 is 2.00 bits per heavy atom. The molecule has 1 aliphatic carbocycles. The fraction of sp³-hybridized carbons (Fsp3) is 0.381. The van der Waals surface area contributed by atoms with E-state index < -0.39 is 0 Å². The van der Waals surface area contributed by atoms with Crippen LogP contribution in [0.4, 0.5) is 10.1 Å². The van der Waals surface area contributed by atoms with Crippen molar-refractivity contribution in [3.8, 4) is 11.4 Å². The van der Waals surface area contributed by atoms with Crippen molar-refractivity contribution in [1.29, 1.82) is 0 Å². The van der Waals surface area contributed by atoms with Crippen molar-refractivity contribution >= 4 is 17.9 Å². The van der Waals surface area contributed by atoms with Gasteiger partial charge in [0, 0.05) is 30.5 Å². The second-order valence-electron chi connectivity index (χ2n) is 7.71. The van der Waals surface area contributed by atoms with Gasteiger partial charge in [0.1, 0.15) is 12.5 Å². The monoisotopic (exact) mass is 395 g/mol. The molecule has 0 atom stereocenters. The van der Waals surface area contributed by atoms with Crippen LogP contribution in [-0.4, -0.2) is 25.9 Å². The fourth-order valence-corrected chi connectivity index (χ4v) is 4.43. The van der Waals surface area contributed by atoms with Gasteiger partial charge in [0.2, 0.25) is 0 Å². The lowest BCUT2D eigenvalue weighted by atomic mass is 9.99. The van der Waals surface area contributed by atoms with Crippen LogP contribution in [0.1, 0.15) is 36.4 Å². The molecule has 3 heterocycles. The van der Waals surface area contributed by atoms with E-state index in [1.165, 1.54) is 0 Å². The summed E-state index contributed by atoms with van der Waals surface area (Å²) in [5.41, 5.74) is 3.75. The minimum atomic E-state index is -0.155. The van der Waals surface area contributed by atoms with Gasteiger partial charge in [0.15, 0.2) is 10.6 Å². The van der Waals surface area contributed by atoms with E-state index in [2.05, 4.69) is 20.5 Å². The molecule has 5 nitrogen and oxygen atoms in total. The molecule has 144 valence electrons. The van der Waals surface area contributed by atoms with Gasteiger partial charge in [-0.25, -0.2) is 9.07 Å². The molecule has 7 heteroatoms. The highest BCUT2D eigenvalue weighted by Crippen LogP contribution is 2.39. The maximum Gasteiger partial charge on any atom is 0.200 e. The Kier molecular flexibility index (Phi) is 4.27. The standard InChI is InChI=1S/C21H22FN5S/c1-14-11-16-3-2-10-25(19(16)18(22)12-14)13-26-21(28)27(17-4-5-17)20(24-26)15-6-8-23-9-7-15/h6-9,11-12,17H,2-5,10,13H2,1H3. The molecule has 0 spiro atoms. The number of hydrogen-bond donors (Lipinski definition) is 0. The van der Waals surface area contributed by atoms with Gasteiger partial charge in [0.25, 0.3) is 0 Å². The molecule has 3 aromatic rings. The number of benzene rings is 1. The summed E-state index contributed by atoms with van der Waals surface area (Å²) in [6, 6.07) is 8.03. The molecule has 0 N–H and O–H groups in total. The molecule has 1 saturated carbocycles. The number of anilines is 1. The van der Waals surface area contributed by atoms with Crippen molar-refractivity contribution in [2.75, 3.05) is 11.4 Å². The maximum atomic E-state index is 14.8. The average Bonchev–Trinajstić information content (AvgIpc) is 3.47. The van der Waals surface area contributed by atoms with Gasteiger partial charge >= 0.3 is 0 Å². The lowest BCUT2D eigenvalue weighted by molar-refractivity contribution is 0.522. The van der Waals surface area contributed by atoms with Crippen LogP contribution < -0.4 is 4.90 Å². The number of nitrogens with zero attached hydrogens (tertiary/aromatic N) is 5. The molecule has 28 heavy (non-hydrogen) atoms. The number of hydrogen-bond acceptors (Lipinski definition) is 4. The highest BCUT2D eigenvalue weighted by atomic mass is 32.1. The average molecular weight is 396 g/mol. The van der Waals surface area contributed by atoms with E-state index in [-0.39, 0.29) is 5.82 Å². The van der Waals surface area contributed by atoms with Gasteiger partial charge in [0.05, 0.1) is 5.69 Å². The number of pyridine rings is 1. The van der Waals surface area contributed by atoms with Gasteiger partial charge in [-0.3, -0.25) is 9.55 Å². The first-order valence-corrected chi connectivity index (χ1v) is 10.2. The largest absolute Gasteiger partial charge is 0.349 e. The van der Waals surface area contributed by atoms with Gasteiger partial charge in [-0.1, -0.05) is 6.07 Å². The third-order valence-electron chi connectivity index (χ3n) is 5.50. The SMILES string of the molecule is Cc1cc(F)c2c(c1)CCCN2Cn1nc(-c2ccncc2)n(C2CC2)c1=S. The first-order chi connectivity index (χ1) is 13.6. The summed E-state index contributed by atoms with van der Waals surface area (Å²) in [7, 11) is 0. The van der Waals surface area contributed by atoms with E-state index in [1.54, 1.807) is 18.5 Å². The Morgan fingerprint density at radius 3 is 2.75 bits per heavy atom. The van der Waals surface area contributed by atoms with Gasteiger partial charge in [-0.15, -0.1) is 5.10 Å². The number of rotatable bonds is 4. The molecule has 1 fully saturated rings. The molecule has 0 amide bonds. The maximum absolute atomic E-state index is 14.8. The molecular formula is C21H22FN5S. The molecule has 2 aliphatic rings. The zero-order valence-corrected chi connectivity index (χ0v) is 16.6. The van der Waals surface area contributed by atoms with Crippen molar-refractivity contribution in [3.63, 3.8) is 0 Å². The van der Waals surface area contributed by atoms with Crippen LogP contribution in [0.2, 0.25) is 0 Å². The summed E-state index contributed by atoms with van der Waals surface area (Å²) in [6.45, 7) is 3.20. The Hall–Kier alpha value is -2.54. The first-order valence-electron chi connectivity index (χ1n) is 9.75. The van der Waals surface area contributed by atoms with Crippen molar-refractivity contribution in [3.05, 3.63) is 58.4 Å². The summed E-state index contributed by atoms with van der Waals surface area (Å²) in [5, 5.41) is 4.84. The molecule has 0 unspecified atom stereocenters. The minimum Gasteiger partial charge on any atom is -0.349 e. The summed E-state index contributed by atoms with van der Waals surface area (Å²) in [5.74, 6) is 0.716. The fourth-order valence-electron chi connectivity index (χ4n) is 4.10. The van der Waals surface area contributed by atoms with Crippen LogP contribution in [-0.2, 0) is 13.1 Å². The number of halogens is 1. The molecule has 2 aromatic heterocycles. The topological polar surface area (TPSA) is 38.9 Å². The van der Waals surface area contributed by atoms with Crippen LogP contribution in [0.25, 0.3) is 11.4 Å². The van der Waals surface area contributed by atoms with Crippen LogP contribution >= 0.6 is 12.2 Å². The zero-order chi connectivity index (χ0) is 19.3. The Bertz CT molecular complexity index is 1080. The van der Waals surface area contributed by atoms with E-state index in [9.17, 15) is 4.39 Å². The lowest BCUT2D eigenvalue weighted by Gasteiger charge is -2.31. The number of aryl methyl sites for hydroxylation is 2. The smallest absolute Gasteiger partial charge is 0.200 e. The lowest BCUT2D eigenvalue weighted by Crippen LogP contribution is -2.33. The molecule has 0 radical (unpaired) electrons. The quantitative estimate of drug-likeness (QED) is 0.602. The molecular weight excluding hydrogens is 373 g/mol. The van der Waals surface area contributed by atoms with Crippen molar-refractivity contribution in [1.82, 2.24) is 19.3 Å². The number of fused-ring (bicyclic) bond motifs is 1. The minimum absolute atomic E-state index is 0.155. The highest BCUT2D eigenvalue weighted by molar-refractivity contribution is 7.71. The summed E-state index contributed by atoms with van der Waals surface area (Å²) in [6.07, 6.45) is 7.70. The molecule has 1 aromatic carbocycles. The van der Waals surface area contributed by atoms with E-state index in [1.807, 2.05) is 23.7 Å². The Labute approximate surface area is 168 Å². The second kappa shape index (κ2) is 6.81. The predicted octanol–water partition coefficient (Wildman–Crippen LogP) is 4.67. The predicted molar refractivity (Wildman–Crippen MR) is 109 cm³/mol. The van der Waals surface area contributed by atoms with Crippen LogP contribution in [0.5, 0.6) is 0 Å². The molecule has 5 rings (SSSR count). The summed E-state index contributed by atoms with van der Waals surface area (Å²) < 4.78 is 19.5.